The van der Waals surface area contributed by atoms with Gasteiger partial charge in [-0.1, -0.05) is 62.2 Å². The molecule has 3 heterocycles. The highest BCUT2D eigenvalue weighted by molar-refractivity contribution is 5.79. The molecule has 0 amide bonds. The fourth-order valence-electron chi connectivity index (χ4n) is 4.29. The SMILES string of the molecule is CCCCCc1cn(-c2ccccc2)c(=O)n1Cc1ccc(-c2cnccc2-c2nn[nH]n2)cc1. The van der Waals surface area contributed by atoms with E-state index in [4.69, 9.17) is 0 Å². The Morgan fingerprint density at radius 1 is 0.943 bits per heavy atom. The monoisotopic (exact) mass is 465 g/mol. The Balaban J connectivity index is 1.45. The van der Waals surface area contributed by atoms with Gasteiger partial charge in [-0.3, -0.25) is 14.1 Å². The van der Waals surface area contributed by atoms with E-state index < -0.39 is 0 Å². The van der Waals surface area contributed by atoms with Gasteiger partial charge in [0.15, 0.2) is 0 Å². The van der Waals surface area contributed by atoms with Crippen molar-refractivity contribution in [3.05, 3.63) is 101 Å². The van der Waals surface area contributed by atoms with Crippen LogP contribution in [0.2, 0.25) is 0 Å². The molecule has 0 aliphatic heterocycles. The van der Waals surface area contributed by atoms with E-state index >= 15 is 0 Å². The molecule has 8 heteroatoms. The van der Waals surface area contributed by atoms with Crippen LogP contribution in [0.4, 0.5) is 0 Å². The number of nitrogens with one attached hydrogen (secondary N) is 1. The maximum absolute atomic E-state index is 13.4. The first-order valence-corrected chi connectivity index (χ1v) is 11.9. The first kappa shape index (κ1) is 22.5. The minimum absolute atomic E-state index is 0.0153. The van der Waals surface area contributed by atoms with E-state index in [0.29, 0.717) is 12.4 Å². The van der Waals surface area contributed by atoms with E-state index in [0.717, 1.165) is 59.3 Å². The summed E-state index contributed by atoms with van der Waals surface area (Å²) in [4.78, 5) is 17.7. The van der Waals surface area contributed by atoms with Crippen LogP contribution in [0.15, 0.2) is 84.0 Å². The van der Waals surface area contributed by atoms with Gasteiger partial charge in [-0.2, -0.15) is 5.21 Å². The first-order chi connectivity index (χ1) is 17.2. The number of nitrogens with zero attached hydrogens (tertiary/aromatic N) is 6. The molecular weight excluding hydrogens is 438 g/mol. The highest BCUT2D eigenvalue weighted by Crippen LogP contribution is 2.29. The molecule has 5 rings (SSSR count). The third-order valence-corrected chi connectivity index (χ3v) is 6.15. The number of hydrogen-bond donors (Lipinski definition) is 1. The first-order valence-electron chi connectivity index (χ1n) is 11.9. The molecule has 8 nitrogen and oxygen atoms in total. The Morgan fingerprint density at radius 2 is 1.77 bits per heavy atom. The lowest BCUT2D eigenvalue weighted by atomic mass is 10.0. The number of benzene rings is 2. The Kier molecular flexibility index (Phi) is 6.61. The van der Waals surface area contributed by atoms with Crippen LogP contribution in [0, 0.1) is 0 Å². The Hall–Kier alpha value is -4.33. The molecule has 0 atom stereocenters. The molecule has 0 aliphatic carbocycles. The van der Waals surface area contributed by atoms with Crippen molar-refractivity contribution < 1.29 is 0 Å². The zero-order valence-electron chi connectivity index (χ0n) is 19.6. The van der Waals surface area contributed by atoms with Crippen LogP contribution in [0.25, 0.3) is 28.2 Å². The summed E-state index contributed by atoms with van der Waals surface area (Å²) in [6.45, 7) is 2.71. The molecule has 0 bridgehead atoms. The predicted molar refractivity (Wildman–Crippen MR) is 135 cm³/mol. The number of pyridine rings is 1. The summed E-state index contributed by atoms with van der Waals surface area (Å²) >= 11 is 0. The minimum Gasteiger partial charge on any atom is -0.292 e. The summed E-state index contributed by atoms with van der Waals surface area (Å²) in [5.74, 6) is 0.525. The molecule has 0 spiro atoms. The van der Waals surface area contributed by atoms with Crippen molar-refractivity contribution in [2.75, 3.05) is 0 Å². The topological polar surface area (TPSA) is 94.3 Å². The predicted octanol–water partition coefficient (Wildman–Crippen LogP) is 4.66. The zero-order valence-corrected chi connectivity index (χ0v) is 19.6. The molecular formula is C27H27N7O. The molecule has 0 unspecified atom stereocenters. The van der Waals surface area contributed by atoms with Gasteiger partial charge >= 0.3 is 5.69 Å². The molecule has 2 aromatic carbocycles. The van der Waals surface area contributed by atoms with Gasteiger partial charge in [-0.15, -0.1) is 10.2 Å². The molecule has 0 aliphatic rings. The average molecular weight is 466 g/mol. The van der Waals surface area contributed by atoms with Crippen LogP contribution < -0.4 is 5.69 Å². The van der Waals surface area contributed by atoms with E-state index in [-0.39, 0.29) is 5.69 Å². The molecule has 1 N–H and O–H groups in total. The summed E-state index contributed by atoms with van der Waals surface area (Å²) in [7, 11) is 0. The molecule has 35 heavy (non-hydrogen) atoms. The highest BCUT2D eigenvalue weighted by Gasteiger charge is 2.14. The number of H-pyrrole nitrogens is 1. The summed E-state index contributed by atoms with van der Waals surface area (Å²) < 4.78 is 3.65. The summed E-state index contributed by atoms with van der Waals surface area (Å²) in [5, 5.41) is 14.4. The van der Waals surface area contributed by atoms with Gasteiger partial charge in [-0.05, 0) is 47.4 Å². The summed E-state index contributed by atoms with van der Waals surface area (Å²) in [5.41, 5.74) is 5.77. The zero-order chi connectivity index (χ0) is 24.0. The van der Waals surface area contributed by atoms with E-state index in [1.54, 1.807) is 17.0 Å². The third-order valence-electron chi connectivity index (χ3n) is 6.15. The van der Waals surface area contributed by atoms with Crippen LogP contribution in [-0.2, 0) is 13.0 Å². The number of tetrazole rings is 1. The van der Waals surface area contributed by atoms with E-state index in [2.05, 4.69) is 44.7 Å². The molecule has 0 saturated heterocycles. The Bertz CT molecular complexity index is 1440. The van der Waals surface area contributed by atoms with Gasteiger partial charge in [0.25, 0.3) is 0 Å². The molecule has 3 aromatic heterocycles. The fourth-order valence-corrected chi connectivity index (χ4v) is 4.29. The second-order valence-corrected chi connectivity index (χ2v) is 8.51. The lowest BCUT2D eigenvalue weighted by molar-refractivity contribution is 0.653. The number of unbranched alkanes of at least 4 members (excludes halogenated alkanes) is 2. The van der Waals surface area contributed by atoms with Gasteiger partial charge < -0.3 is 0 Å². The van der Waals surface area contributed by atoms with Crippen molar-refractivity contribution in [2.45, 2.75) is 39.2 Å². The maximum atomic E-state index is 13.4. The van der Waals surface area contributed by atoms with Crippen LogP contribution in [0.5, 0.6) is 0 Å². The Labute approximate surface area is 203 Å². The van der Waals surface area contributed by atoms with E-state index in [1.807, 2.05) is 59.3 Å². The van der Waals surface area contributed by atoms with Crippen LogP contribution in [0.1, 0.15) is 37.4 Å². The molecule has 176 valence electrons. The lowest BCUT2D eigenvalue weighted by Gasteiger charge is -2.10. The third kappa shape index (κ3) is 4.82. The van der Waals surface area contributed by atoms with E-state index in [9.17, 15) is 4.79 Å². The molecule has 0 saturated carbocycles. The van der Waals surface area contributed by atoms with E-state index in [1.165, 1.54) is 0 Å². The number of para-hydroxylation sites is 1. The van der Waals surface area contributed by atoms with Gasteiger partial charge in [0.1, 0.15) is 0 Å². The highest BCUT2D eigenvalue weighted by atomic mass is 16.1. The van der Waals surface area contributed by atoms with Crippen molar-refractivity contribution in [3.63, 3.8) is 0 Å². The lowest BCUT2D eigenvalue weighted by Crippen LogP contribution is -2.24. The average Bonchev–Trinajstić information content (AvgIpc) is 3.55. The quantitative estimate of drug-likeness (QED) is 0.320. The van der Waals surface area contributed by atoms with Gasteiger partial charge in [0.05, 0.1) is 12.2 Å². The van der Waals surface area contributed by atoms with Crippen molar-refractivity contribution in [2.24, 2.45) is 0 Å². The fraction of sp³-hybridized carbons (Fsp3) is 0.222. The smallest absolute Gasteiger partial charge is 0.292 e. The summed E-state index contributed by atoms with van der Waals surface area (Å²) in [6.07, 6.45) is 9.75. The second-order valence-electron chi connectivity index (χ2n) is 8.51. The summed E-state index contributed by atoms with van der Waals surface area (Å²) in [6, 6.07) is 19.9. The Morgan fingerprint density at radius 3 is 2.51 bits per heavy atom. The number of aromatic amines is 1. The number of rotatable bonds is 9. The molecule has 0 fully saturated rings. The number of imidazole rings is 1. The maximum Gasteiger partial charge on any atom is 0.333 e. The number of hydrogen-bond acceptors (Lipinski definition) is 5. The number of aryl methyl sites for hydroxylation is 1. The second kappa shape index (κ2) is 10.3. The molecule has 5 aromatic rings. The van der Waals surface area contributed by atoms with Gasteiger partial charge in [-0.25, -0.2) is 4.79 Å². The van der Waals surface area contributed by atoms with Crippen LogP contribution in [-0.4, -0.2) is 34.7 Å². The largest absolute Gasteiger partial charge is 0.333 e. The van der Waals surface area contributed by atoms with Crippen LogP contribution >= 0.6 is 0 Å². The molecule has 0 radical (unpaired) electrons. The standard InChI is InChI=1S/C27H27N7O/c1-2-3-5-10-23-19-34(22-8-6-4-7-9-22)27(35)33(23)18-20-11-13-21(14-12-20)25-17-28-16-15-24(25)26-29-31-32-30-26/h4,6-9,11-17,19H,2-3,5,10,18H2,1H3,(H,29,30,31,32). The van der Waals surface area contributed by atoms with Crippen molar-refractivity contribution in [1.29, 1.82) is 0 Å². The normalized spacial score (nSPS) is 11.1. The van der Waals surface area contributed by atoms with Crippen molar-refractivity contribution >= 4 is 0 Å². The van der Waals surface area contributed by atoms with Crippen LogP contribution in [0.3, 0.4) is 0 Å². The van der Waals surface area contributed by atoms with Crippen molar-refractivity contribution in [1.82, 2.24) is 34.7 Å². The minimum atomic E-state index is -0.0153. The van der Waals surface area contributed by atoms with Gasteiger partial charge in [0.2, 0.25) is 5.82 Å². The van der Waals surface area contributed by atoms with Crippen molar-refractivity contribution in [3.8, 4) is 28.2 Å². The number of aromatic nitrogens is 7. The van der Waals surface area contributed by atoms with Gasteiger partial charge in [0, 0.05) is 35.4 Å².